The first-order valence-electron chi connectivity index (χ1n) is 9.71. The molecule has 5 aromatic rings. The van der Waals surface area contributed by atoms with Crippen molar-refractivity contribution in [2.24, 2.45) is 14.1 Å². The van der Waals surface area contributed by atoms with Crippen molar-refractivity contribution in [2.75, 3.05) is 0 Å². The maximum atomic E-state index is 13.2. The largest absolute Gasteiger partial charge is 0.332 e. The summed E-state index contributed by atoms with van der Waals surface area (Å²) in [4.78, 5) is 25.9. The zero-order valence-corrected chi connectivity index (χ0v) is 18.0. The fourth-order valence-corrected chi connectivity index (χ4v) is 3.99. The second-order valence-corrected chi connectivity index (χ2v) is 8.05. The van der Waals surface area contributed by atoms with Crippen LogP contribution in [0.2, 0.25) is 5.02 Å². The normalized spacial score (nSPS) is 11.6. The van der Waals surface area contributed by atoms with Gasteiger partial charge in [-0.2, -0.15) is 0 Å². The second kappa shape index (κ2) is 6.95. The summed E-state index contributed by atoms with van der Waals surface area (Å²) < 4.78 is 6.14. The molecule has 0 aliphatic rings. The Labute approximate surface area is 181 Å². The Hall–Kier alpha value is -3.65. The van der Waals surface area contributed by atoms with E-state index in [0.717, 1.165) is 21.3 Å². The van der Waals surface area contributed by atoms with E-state index in [0.29, 0.717) is 34.3 Å². The minimum atomic E-state index is -0.411. The smallest absolute Gasteiger partial charge is 0.298 e. The van der Waals surface area contributed by atoms with Gasteiger partial charge in [0, 0.05) is 24.7 Å². The third kappa shape index (κ3) is 2.90. The summed E-state index contributed by atoms with van der Waals surface area (Å²) in [5.41, 5.74) is 2.96. The van der Waals surface area contributed by atoms with Crippen LogP contribution in [0.25, 0.3) is 28.3 Å². The van der Waals surface area contributed by atoms with E-state index in [4.69, 9.17) is 11.6 Å². The van der Waals surface area contributed by atoms with E-state index >= 15 is 0 Å². The number of halogens is 1. The molecule has 0 saturated carbocycles. The van der Waals surface area contributed by atoms with E-state index in [1.54, 1.807) is 28.1 Å². The first-order chi connectivity index (χ1) is 14.9. The lowest BCUT2D eigenvalue weighted by atomic mass is 10.1. The van der Waals surface area contributed by atoms with Gasteiger partial charge in [0.15, 0.2) is 17.0 Å². The minimum absolute atomic E-state index is 0.379. The second-order valence-electron chi connectivity index (χ2n) is 7.62. The molecule has 0 bridgehead atoms. The summed E-state index contributed by atoms with van der Waals surface area (Å²) in [6.07, 6.45) is 0. The summed E-state index contributed by atoms with van der Waals surface area (Å²) in [5.74, 6) is 1.05. The number of fused-ring (bicyclic) bond motifs is 3. The number of hydrogen-bond acceptors (Lipinski definition) is 4. The third-order valence-electron chi connectivity index (χ3n) is 5.54. The van der Waals surface area contributed by atoms with E-state index in [2.05, 4.69) is 10.2 Å². The highest BCUT2D eigenvalue weighted by molar-refractivity contribution is 6.30. The Morgan fingerprint density at radius 3 is 2.26 bits per heavy atom. The summed E-state index contributed by atoms with van der Waals surface area (Å²) in [6, 6.07) is 15.3. The Morgan fingerprint density at radius 2 is 1.58 bits per heavy atom. The van der Waals surface area contributed by atoms with Gasteiger partial charge in [-0.05, 0) is 24.6 Å². The highest BCUT2D eigenvalue weighted by atomic mass is 35.5. The molecule has 0 radical (unpaired) electrons. The van der Waals surface area contributed by atoms with Crippen molar-refractivity contribution in [2.45, 2.75) is 13.5 Å². The predicted molar refractivity (Wildman–Crippen MR) is 120 cm³/mol. The molecule has 8 nitrogen and oxygen atoms in total. The zero-order chi connectivity index (χ0) is 21.9. The number of rotatable bonds is 3. The molecular formula is C22H19ClN6O2. The number of hydrogen-bond donors (Lipinski definition) is 0. The molecule has 0 atom stereocenters. The van der Waals surface area contributed by atoms with Crippen molar-refractivity contribution in [3.05, 3.63) is 85.5 Å². The highest BCUT2D eigenvalue weighted by Crippen LogP contribution is 2.25. The van der Waals surface area contributed by atoms with Gasteiger partial charge in [-0.15, -0.1) is 10.2 Å². The molecule has 0 N–H and O–H groups in total. The van der Waals surface area contributed by atoms with Crippen LogP contribution < -0.4 is 11.2 Å². The van der Waals surface area contributed by atoms with E-state index in [1.807, 2.05) is 43.3 Å². The van der Waals surface area contributed by atoms with Crippen molar-refractivity contribution in [3.8, 4) is 11.4 Å². The molecule has 3 aromatic heterocycles. The SMILES string of the molecule is Cc1ccc(-c2nnc3n(Cc4ccc(Cl)cc4)c4c(=O)n(C)c(=O)n(C)c4n23)cc1. The standard InChI is InChI=1S/C22H19ClN6O2/c1-13-4-8-15(9-5-13)18-24-25-21-28(12-14-6-10-16(23)11-7-14)17-19(29(18)21)26(2)22(31)27(3)20(17)30/h4-11H,12H2,1-3H3. The molecule has 5 rings (SSSR count). The van der Waals surface area contributed by atoms with Crippen molar-refractivity contribution in [1.82, 2.24) is 28.3 Å². The Morgan fingerprint density at radius 1 is 0.903 bits per heavy atom. The predicted octanol–water partition coefficient (Wildman–Crippen LogP) is 2.76. The van der Waals surface area contributed by atoms with Crippen molar-refractivity contribution in [1.29, 1.82) is 0 Å². The lowest BCUT2D eigenvalue weighted by Gasteiger charge is -2.08. The molecule has 3 heterocycles. The van der Waals surface area contributed by atoms with Crippen LogP contribution in [0.4, 0.5) is 0 Å². The average molecular weight is 435 g/mol. The fourth-order valence-electron chi connectivity index (χ4n) is 3.87. The summed E-state index contributed by atoms with van der Waals surface area (Å²) >= 11 is 6.03. The molecule has 0 spiro atoms. The number of nitrogens with zero attached hydrogens (tertiary/aromatic N) is 6. The van der Waals surface area contributed by atoms with Gasteiger partial charge in [0.1, 0.15) is 0 Å². The molecule has 0 aliphatic carbocycles. The van der Waals surface area contributed by atoms with Gasteiger partial charge in [-0.3, -0.25) is 18.5 Å². The minimum Gasteiger partial charge on any atom is -0.298 e. The average Bonchev–Trinajstić information content (AvgIpc) is 3.32. The zero-order valence-electron chi connectivity index (χ0n) is 17.2. The number of aromatic nitrogens is 6. The van der Waals surface area contributed by atoms with Crippen LogP contribution in [0.1, 0.15) is 11.1 Å². The van der Waals surface area contributed by atoms with Gasteiger partial charge < -0.3 is 0 Å². The molecule has 156 valence electrons. The summed E-state index contributed by atoms with van der Waals surface area (Å²) in [7, 11) is 3.13. The van der Waals surface area contributed by atoms with Gasteiger partial charge in [0.05, 0.1) is 6.54 Å². The topological polar surface area (TPSA) is 79.1 Å². The van der Waals surface area contributed by atoms with Crippen LogP contribution >= 0.6 is 11.6 Å². The molecule has 0 unspecified atom stereocenters. The first-order valence-corrected chi connectivity index (χ1v) is 10.1. The van der Waals surface area contributed by atoms with Crippen LogP contribution in [0.3, 0.4) is 0 Å². The van der Waals surface area contributed by atoms with Gasteiger partial charge in [0.2, 0.25) is 5.78 Å². The molecule has 0 fully saturated rings. The fraction of sp³-hybridized carbons (Fsp3) is 0.182. The lowest BCUT2D eigenvalue weighted by Crippen LogP contribution is -2.37. The van der Waals surface area contributed by atoms with Crippen molar-refractivity contribution < 1.29 is 0 Å². The van der Waals surface area contributed by atoms with E-state index in [1.165, 1.54) is 11.6 Å². The molecule has 0 amide bonds. The van der Waals surface area contributed by atoms with Gasteiger partial charge in [-0.1, -0.05) is 53.6 Å². The number of imidazole rings is 1. The van der Waals surface area contributed by atoms with E-state index in [-0.39, 0.29) is 5.56 Å². The van der Waals surface area contributed by atoms with Crippen LogP contribution in [0.15, 0.2) is 58.1 Å². The molecular weight excluding hydrogens is 416 g/mol. The maximum absolute atomic E-state index is 13.2. The summed E-state index contributed by atoms with van der Waals surface area (Å²) in [5, 5.41) is 9.42. The van der Waals surface area contributed by atoms with Crippen molar-refractivity contribution >= 4 is 28.5 Å². The van der Waals surface area contributed by atoms with E-state index in [9.17, 15) is 9.59 Å². The Bertz CT molecular complexity index is 1570. The van der Waals surface area contributed by atoms with Crippen LogP contribution in [0.5, 0.6) is 0 Å². The number of aryl methyl sites for hydroxylation is 2. The van der Waals surface area contributed by atoms with Crippen LogP contribution in [0, 0.1) is 6.92 Å². The maximum Gasteiger partial charge on any atom is 0.332 e. The lowest BCUT2D eigenvalue weighted by molar-refractivity contribution is 0.700. The van der Waals surface area contributed by atoms with Crippen molar-refractivity contribution in [3.63, 3.8) is 0 Å². The quantitative estimate of drug-likeness (QED) is 0.437. The Balaban J connectivity index is 1.89. The molecule has 31 heavy (non-hydrogen) atoms. The summed E-state index contributed by atoms with van der Waals surface area (Å²) in [6.45, 7) is 2.39. The van der Waals surface area contributed by atoms with Crippen LogP contribution in [-0.4, -0.2) is 28.3 Å². The molecule has 2 aromatic carbocycles. The molecule has 0 aliphatic heterocycles. The third-order valence-corrected chi connectivity index (χ3v) is 5.80. The Kier molecular flexibility index (Phi) is 4.33. The van der Waals surface area contributed by atoms with Gasteiger partial charge in [-0.25, -0.2) is 9.20 Å². The molecule has 0 saturated heterocycles. The van der Waals surface area contributed by atoms with E-state index < -0.39 is 5.69 Å². The number of benzene rings is 2. The monoisotopic (exact) mass is 434 g/mol. The van der Waals surface area contributed by atoms with Gasteiger partial charge in [0.25, 0.3) is 5.56 Å². The van der Waals surface area contributed by atoms with Gasteiger partial charge >= 0.3 is 5.69 Å². The highest BCUT2D eigenvalue weighted by Gasteiger charge is 2.24. The first kappa shape index (κ1) is 19.3. The molecule has 9 heteroatoms. The van der Waals surface area contributed by atoms with Crippen LogP contribution in [-0.2, 0) is 20.6 Å².